The molecule has 1 aliphatic rings. The van der Waals surface area contributed by atoms with Crippen LogP contribution in [0.5, 0.6) is 5.88 Å². The number of nitrogens with zero attached hydrogens (tertiary/aromatic N) is 2. The number of aryl methyl sites for hydroxylation is 1. The van der Waals surface area contributed by atoms with E-state index in [1.165, 1.54) is 12.8 Å². The summed E-state index contributed by atoms with van der Waals surface area (Å²) in [7, 11) is 1.62. The van der Waals surface area contributed by atoms with Gasteiger partial charge in [-0.25, -0.2) is 4.98 Å². The van der Waals surface area contributed by atoms with E-state index in [-0.39, 0.29) is 0 Å². The van der Waals surface area contributed by atoms with Crippen molar-refractivity contribution in [3.63, 3.8) is 0 Å². The highest BCUT2D eigenvalue weighted by atomic mass is 16.5. The molecule has 5 heteroatoms. The van der Waals surface area contributed by atoms with E-state index in [0.29, 0.717) is 11.9 Å². The third-order valence-electron chi connectivity index (χ3n) is 2.98. The van der Waals surface area contributed by atoms with Crippen LogP contribution in [0.2, 0.25) is 0 Å². The Kier molecular flexibility index (Phi) is 4.14. The SMILES string of the molecule is COc1cc(NCCC2CCCN2)nc(C)n1. The molecule has 1 fully saturated rings. The number of hydrogen-bond acceptors (Lipinski definition) is 5. The second kappa shape index (κ2) is 5.82. The maximum absolute atomic E-state index is 5.11. The summed E-state index contributed by atoms with van der Waals surface area (Å²) < 4.78 is 5.11. The van der Waals surface area contributed by atoms with E-state index in [9.17, 15) is 0 Å². The minimum absolute atomic E-state index is 0.610. The predicted molar refractivity (Wildman–Crippen MR) is 67.5 cm³/mol. The molecule has 1 aliphatic heterocycles. The lowest BCUT2D eigenvalue weighted by Gasteiger charge is -2.11. The summed E-state index contributed by atoms with van der Waals surface area (Å²) >= 11 is 0. The van der Waals surface area contributed by atoms with E-state index < -0.39 is 0 Å². The summed E-state index contributed by atoms with van der Waals surface area (Å²) in [6.45, 7) is 3.95. The van der Waals surface area contributed by atoms with Crippen LogP contribution in [0.1, 0.15) is 25.1 Å². The zero-order valence-electron chi connectivity index (χ0n) is 10.5. The second-order valence-corrected chi connectivity index (χ2v) is 4.35. The summed E-state index contributed by atoms with van der Waals surface area (Å²) in [5.41, 5.74) is 0. The van der Waals surface area contributed by atoms with Crippen LogP contribution in [0.15, 0.2) is 6.07 Å². The van der Waals surface area contributed by atoms with Crippen LogP contribution in [-0.4, -0.2) is 36.2 Å². The summed E-state index contributed by atoms with van der Waals surface area (Å²) in [6.07, 6.45) is 3.71. The zero-order chi connectivity index (χ0) is 12.1. The molecule has 0 spiro atoms. The molecule has 1 atom stereocenters. The van der Waals surface area contributed by atoms with Gasteiger partial charge in [-0.05, 0) is 32.7 Å². The van der Waals surface area contributed by atoms with Crippen molar-refractivity contribution in [1.82, 2.24) is 15.3 Å². The molecule has 2 heterocycles. The normalized spacial score (nSPS) is 19.3. The van der Waals surface area contributed by atoms with Crippen molar-refractivity contribution in [1.29, 1.82) is 0 Å². The van der Waals surface area contributed by atoms with Gasteiger partial charge >= 0.3 is 0 Å². The van der Waals surface area contributed by atoms with Crippen LogP contribution in [-0.2, 0) is 0 Å². The monoisotopic (exact) mass is 236 g/mol. The van der Waals surface area contributed by atoms with Crippen molar-refractivity contribution in [3.05, 3.63) is 11.9 Å². The third-order valence-corrected chi connectivity index (χ3v) is 2.98. The molecule has 94 valence electrons. The second-order valence-electron chi connectivity index (χ2n) is 4.35. The maximum Gasteiger partial charge on any atom is 0.218 e. The number of anilines is 1. The average molecular weight is 236 g/mol. The smallest absolute Gasteiger partial charge is 0.218 e. The van der Waals surface area contributed by atoms with Gasteiger partial charge in [0.15, 0.2) is 0 Å². The van der Waals surface area contributed by atoms with Crippen molar-refractivity contribution in [2.45, 2.75) is 32.2 Å². The van der Waals surface area contributed by atoms with Crippen LogP contribution >= 0.6 is 0 Å². The topological polar surface area (TPSA) is 59.1 Å². The van der Waals surface area contributed by atoms with Crippen LogP contribution in [0, 0.1) is 6.92 Å². The number of methoxy groups -OCH3 is 1. The van der Waals surface area contributed by atoms with E-state index in [1.54, 1.807) is 7.11 Å². The Hall–Kier alpha value is -1.36. The van der Waals surface area contributed by atoms with Gasteiger partial charge in [-0.3, -0.25) is 0 Å². The van der Waals surface area contributed by atoms with Crippen molar-refractivity contribution >= 4 is 5.82 Å². The van der Waals surface area contributed by atoms with Gasteiger partial charge in [0, 0.05) is 18.7 Å². The van der Waals surface area contributed by atoms with Gasteiger partial charge < -0.3 is 15.4 Å². The van der Waals surface area contributed by atoms with Crippen LogP contribution < -0.4 is 15.4 Å². The maximum atomic E-state index is 5.11. The van der Waals surface area contributed by atoms with E-state index in [4.69, 9.17) is 4.74 Å². The Morgan fingerprint density at radius 2 is 2.41 bits per heavy atom. The number of aromatic nitrogens is 2. The Balaban J connectivity index is 1.83. The lowest BCUT2D eigenvalue weighted by molar-refractivity contribution is 0.396. The van der Waals surface area contributed by atoms with E-state index >= 15 is 0 Å². The summed E-state index contributed by atoms with van der Waals surface area (Å²) in [5, 5.41) is 6.80. The predicted octanol–water partition coefficient (Wildman–Crippen LogP) is 1.35. The summed E-state index contributed by atoms with van der Waals surface area (Å²) in [4.78, 5) is 8.48. The lowest BCUT2D eigenvalue weighted by Crippen LogP contribution is -2.24. The fourth-order valence-electron chi connectivity index (χ4n) is 2.11. The zero-order valence-corrected chi connectivity index (χ0v) is 10.5. The molecular weight excluding hydrogens is 216 g/mol. The molecule has 0 radical (unpaired) electrons. The number of hydrogen-bond donors (Lipinski definition) is 2. The van der Waals surface area contributed by atoms with Gasteiger partial charge in [0.2, 0.25) is 5.88 Å². The number of ether oxygens (including phenoxy) is 1. The van der Waals surface area contributed by atoms with Crippen molar-refractivity contribution in [2.24, 2.45) is 0 Å². The molecule has 2 N–H and O–H groups in total. The number of rotatable bonds is 5. The standard InChI is InChI=1S/C12H20N4O/c1-9-15-11(8-12(16-9)17-2)14-7-5-10-4-3-6-13-10/h8,10,13H,3-7H2,1-2H3,(H,14,15,16). The first-order valence-electron chi connectivity index (χ1n) is 6.15. The van der Waals surface area contributed by atoms with Crippen LogP contribution in [0.25, 0.3) is 0 Å². The largest absolute Gasteiger partial charge is 0.481 e. The van der Waals surface area contributed by atoms with Crippen LogP contribution in [0.3, 0.4) is 0 Å². The van der Waals surface area contributed by atoms with E-state index in [2.05, 4.69) is 20.6 Å². The molecule has 2 rings (SSSR count). The first-order chi connectivity index (χ1) is 8.28. The highest BCUT2D eigenvalue weighted by Crippen LogP contribution is 2.13. The third kappa shape index (κ3) is 3.56. The van der Waals surface area contributed by atoms with Gasteiger partial charge in [-0.15, -0.1) is 0 Å². The average Bonchev–Trinajstić information content (AvgIpc) is 2.81. The first kappa shape index (κ1) is 12.1. The van der Waals surface area contributed by atoms with E-state index in [0.717, 1.165) is 31.2 Å². The van der Waals surface area contributed by atoms with Crippen molar-refractivity contribution < 1.29 is 4.74 Å². The van der Waals surface area contributed by atoms with Gasteiger partial charge in [0.05, 0.1) is 7.11 Å². The molecule has 1 unspecified atom stereocenters. The molecule has 0 bridgehead atoms. The Labute approximate surface area is 102 Å². The molecule has 0 aliphatic carbocycles. The molecular formula is C12H20N4O. The van der Waals surface area contributed by atoms with Gasteiger partial charge in [-0.2, -0.15) is 4.98 Å². The molecule has 0 aromatic carbocycles. The first-order valence-corrected chi connectivity index (χ1v) is 6.15. The van der Waals surface area contributed by atoms with Gasteiger partial charge in [-0.1, -0.05) is 0 Å². The van der Waals surface area contributed by atoms with Gasteiger partial charge in [0.1, 0.15) is 11.6 Å². The minimum Gasteiger partial charge on any atom is -0.481 e. The molecule has 1 aromatic rings. The van der Waals surface area contributed by atoms with Crippen molar-refractivity contribution in [2.75, 3.05) is 25.5 Å². The fraction of sp³-hybridized carbons (Fsp3) is 0.667. The Bertz CT molecular complexity index is 364. The molecule has 0 amide bonds. The summed E-state index contributed by atoms with van der Waals surface area (Å²) in [5.74, 6) is 2.18. The Morgan fingerprint density at radius 1 is 1.53 bits per heavy atom. The van der Waals surface area contributed by atoms with Crippen molar-refractivity contribution in [3.8, 4) is 5.88 Å². The number of nitrogens with one attached hydrogen (secondary N) is 2. The molecule has 1 aromatic heterocycles. The molecule has 5 nitrogen and oxygen atoms in total. The summed E-state index contributed by atoms with van der Waals surface area (Å²) in [6, 6.07) is 2.49. The fourth-order valence-corrected chi connectivity index (χ4v) is 2.11. The van der Waals surface area contributed by atoms with Gasteiger partial charge in [0.25, 0.3) is 0 Å². The van der Waals surface area contributed by atoms with E-state index in [1.807, 2.05) is 13.0 Å². The highest BCUT2D eigenvalue weighted by Gasteiger charge is 2.13. The Morgan fingerprint density at radius 3 is 3.12 bits per heavy atom. The minimum atomic E-state index is 0.610. The highest BCUT2D eigenvalue weighted by molar-refractivity contribution is 5.38. The molecule has 0 saturated carbocycles. The lowest BCUT2D eigenvalue weighted by atomic mass is 10.1. The van der Waals surface area contributed by atoms with Crippen LogP contribution in [0.4, 0.5) is 5.82 Å². The quantitative estimate of drug-likeness (QED) is 0.808. The molecule has 17 heavy (non-hydrogen) atoms. The molecule has 1 saturated heterocycles.